The number of para-hydroxylation sites is 1. The van der Waals surface area contributed by atoms with Gasteiger partial charge in [0, 0.05) is 6.04 Å². The zero-order valence-electron chi connectivity index (χ0n) is 10.5. The number of benzene rings is 1. The Labute approximate surface area is 107 Å². The molecule has 1 unspecified atom stereocenters. The maximum absolute atomic E-state index is 6.07. The van der Waals surface area contributed by atoms with E-state index in [-0.39, 0.29) is 4.93 Å². The lowest BCUT2D eigenvalue weighted by molar-refractivity contribution is 0.212. The number of hydrogen-bond acceptors (Lipinski definition) is 3. The van der Waals surface area contributed by atoms with Crippen LogP contribution in [0, 0.1) is 0 Å². The van der Waals surface area contributed by atoms with Crippen molar-refractivity contribution in [2.24, 2.45) is 0 Å². The van der Waals surface area contributed by atoms with Crippen molar-refractivity contribution in [1.82, 2.24) is 5.32 Å². The summed E-state index contributed by atoms with van der Waals surface area (Å²) >= 11 is 1.82. The van der Waals surface area contributed by atoms with Crippen LogP contribution < -0.4 is 10.1 Å². The molecule has 0 spiro atoms. The van der Waals surface area contributed by atoms with Gasteiger partial charge in [-0.3, -0.25) is 0 Å². The van der Waals surface area contributed by atoms with Crippen LogP contribution in [0.4, 0.5) is 0 Å². The first kappa shape index (κ1) is 11.4. The highest BCUT2D eigenvalue weighted by molar-refractivity contribution is 8.00. The third-order valence-corrected chi connectivity index (χ3v) is 4.51. The zero-order valence-corrected chi connectivity index (χ0v) is 11.3. The second kappa shape index (κ2) is 4.21. The van der Waals surface area contributed by atoms with E-state index in [0.29, 0.717) is 6.04 Å². The van der Waals surface area contributed by atoms with E-state index in [2.05, 4.69) is 37.4 Å². The summed E-state index contributed by atoms with van der Waals surface area (Å²) in [4.78, 5) is 1.19. The summed E-state index contributed by atoms with van der Waals surface area (Å²) in [5.74, 6) is 1.12. The predicted molar refractivity (Wildman–Crippen MR) is 71.7 cm³/mol. The molecule has 3 rings (SSSR count). The van der Waals surface area contributed by atoms with E-state index in [0.717, 1.165) is 12.2 Å². The molecule has 1 aromatic rings. The topological polar surface area (TPSA) is 21.3 Å². The lowest BCUT2D eigenvalue weighted by Gasteiger charge is -2.18. The number of nitrogens with one attached hydrogen (secondary N) is 1. The van der Waals surface area contributed by atoms with Gasteiger partial charge >= 0.3 is 0 Å². The molecule has 2 aliphatic rings. The third-order valence-electron chi connectivity index (χ3n) is 3.39. The molecule has 1 N–H and O–H groups in total. The number of rotatable bonds is 2. The van der Waals surface area contributed by atoms with Crippen LogP contribution in [0.3, 0.4) is 0 Å². The molecule has 1 atom stereocenters. The van der Waals surface area contributed by atoms with Crippen LogP contribution >= 0.6 is 11.8 Å². The second-order valence-electron chi connectivity index (χ2n) is 5.35. The average Bonchev–Trinajstić information content (AvgIpc) is 2.84. The monoisotopic (exact) mass is 249 g/mol. The molecule has 1 fully saturated rings. The van der Waals surface area contributed by atoms with Crippen LogP contribution in [-0.4, -0.2) is 17.5 Å². The molecule has 92 valence electrons. The highest BCUT2D eigenvalue weighted by atomic mass is 32.2. The van der Waals surface area contributed by atoms with Crippen LogP contribution in [0.15, 0.2) is 23.1 Å². The molecule has 1 saturated heterocycles. The molecule has 0 aliphatic carbocycles. The van der Waals surface area contributed by atoms with Crippen LogP contribution in [0.25, 0.3) is 0 Å². The van der Waals surface area contributed by atoms with E-state index in [1.807, 2.05) is 11.8 Å². The van der Waals surface area contributed by atoms with Gasteiger partial charge in [-0.2, -0.15) is 0 Å². The molecule has 1 aromatic carbocycles. The standard InChI is InChI=1S/C14H19NOS/c1-14(2)16-13-10(5-3-7-12(13)17-14)9-11-6-4-8-15-11/h3,5,7,11,15H,4,6,8-9H2,1-2H3. The van der Waals surface area contributed by atoms with Crippen molar-refractivity contribution < 1.29 is 4.74 Å². The van der Waals surface area contributed by atoms with Gasteiger partial charge in [0.1, 0.15) is 5.75 Å². The summed E-state index contributed by atoms with van der Waals surface area (Å²) < 4.78 is 6.07. The van der Waals surface area contributed by atoms with Gasteiger partial charge in [0.05, 0.1) is 4.90 Å². The summed E-state index contributed by atoms with van der Waals surface area (Å²) in [5, 5.41) is 3.55. The van der Waals surface area contributed by atoms with E-state index in [1.165, 1.54) is 29.8 Å². The van der Waals surface area contributed by atoms with Crippen LogP contribution in [-0.2, 0) is 6.42 Å². The summed E-state index contributed by atoms with van der Waals surface area (Å²) in [6.07, 6.45) is 3.70. The number of thioether (sulfide) groups is 1. The predicted octanol–water partition coefficient (Wildman–Crippen LogP) is 3.20. The van der Waals surface area contributed by atoms with Crippen molar-refractivity contribution in [3.63, 3.8) is 0 Å². The number of fused-ring (bicyclic) bond motifs is 1. The SMILES string of the molecule is CC1(C)Oc2c(CC3CCCN3)cccc2S1. The molecule has 0 saturated carbocycles. The molecule has 2 heterocycles. The van der Waals surface area contributed by atoms with Gasteiger partial charge in [0.2, 0.25) is 0 Å². The van der Waals surface area contributed by atoms with Gasteiger partial charge in [-0.25, -0.2) is 0 Å². The Hall–Kier alpha value is -0.670. The maximum Gasteiger partial charge on any atom is 0.153 e. The van der Waals surface area contributed by atoms with Crippen molar-refractivity contribution in [1.29, 1.82) is 0 Å². The fourth-order valence-corrected chi connectivity index (χ4v) is 3.71. The van der Waals surface area contributed by atoms with Gasteiger partial charge in [-0.1, -0.05) is 23.9 Å². The van der Waals surface area contributed by atoms with Gasteiger partial charge in [-0.05, 0) is 51.3 Å². The smallest absolute Gasteiger partial charge is 0.153 e. The number of hydrogen-bond donors (Lipinski definition) is 1. The molecule has 2 aliphatic heterocycles. The average molecular weight is 249 g/mol. The van der Waals surface area contributed by atoms with E-state index in [9.17, 15) is 0 Å². The Bertz CT molecular complexity index is 424. The van der Waals surface area contributed by atoms with Crippen LogP contribution in [0.2, 0.25) is 0 Å². The molecule has 0 bridgehead atoms. The summed E-state index contributed by atoms with van der Waals surface area (Å²) in [5.41, 5.74) is 1.36. The molecular weight excluding hydrogens is 230 g/mol. The Morgan fingerprint density at radius 3 is 3.12 bits per heavy atom. The van der Waals surface area contributed by atoms with Gasteiger partial charge < -0.3 is 10.1 Å². The molecule has 2 nitrogen and oxygen atoms in total. The van der Waals surface area contributed by atoms with Crippen molar-refractivity contribution in [2.45, 2.75) is 49.0 Å². The summed E-state index contributed by atoms with van der Waals surface area (Å²) in [7, 11) is 0. The van der Waals surface area contributed by atoms with Crippen molar-refractivity contribution >= 4 is 11.8 Å². The minimum Gasteiger partial charge on any atom is -0.475 e. The van der Waals surface area contributed by atoms with Gasteiger partial charge in [0.15, 0.2) is 4.93 Å². The molecular formula is C14H19NOS. The summed E-state index contributed by atoms with van der Waals surface area (Å²) in [6.45, 7) is 5.44. The largest absolute Gasteiger partial charge is 0.475 e. The van der Waals surface area contributed by atoms with E-state index >= 15 is 0 Å². The fourth-order valence-electron chi connectivity index (χ4n) is 2.65. The van der Waals surface area contributed by atoms with Crippen molar-refractivity contribution in [3.8, 4) is 5.75 Å². The van der Waals surface area contributed by atoms with Crippen LogP contribution in [0.1, 0.15) is 32.3 Å². The van der Waals surface area contributed by atoms with E-state index < -0.39 is 0 Å². The van der Waals surface area contributed by atoms with Crippen molar-refractivity contribution in [2.75, 3.05) is 6.54 Å². The Morgan fingerprint density at radius 2 is 2.35 bits per heavy atom. The highest BCUT2D eigenvalue weighted by Gasteiger charge is 2.33. The van der Waals surface area contributed by atoms with E-state index in [4.69, 9.17) is 4.74 Å². The maximum atomic E-state index is 6.07. The fraction of sp³-hybridized carbons (Fsp3) is 0.571. The Kier molecular flexibility index (Phi) is 2.83. The number of ether oxygens (including phenoxy) is 1. The van der Waals surface area contributed by atoms with Crippen molar-refractivity contribution in [3.05, 3.63) is 23.8 Å². The first-order chi connectivity index (χ1) is 8.14. The highest BCUT2D eigenvalue weighted by Crippen LogP contribution is 2.48. The molecule has 0 aromatic heterocycles. The van der Waals surface area contributed by atoms with Gasteiger partial charge in [0.25, 0.3) is 0 Å². The van der Waals surface area contributed by atoms with Gasteiger partial charge in [-0.15, -0.1) is 0 Å². The quantitative estimate of drug-likeness (QED) is 0.869. The third kappa shape index (κ3) is 2.31. The molecule has 17 heavy (non-hydrogen) atoms. The lowest BCUT2D eigenvalue weighted by atomic mass is 10.0. The minimum atomic E-state index is -0.110. The van der Waals surface area contributed by atoms with Crippen LogP contribution in [0.5, 0.6) is 5.75 Å². The Morgan fingerprint density at radius 1 is 1.47 bits per heavy atom. The zero-order chi connectivity index (χ0) is 11.9. The molecule has 0 amide bonds. The lowest BCUT2D eigenvalue weighted by Crippen LogP contribution is -2.24. The molecule has 3 heteroatoms. The first-order valence-corrected chi connectivity index (χ1v) is 7.19. The Balaban J connectivity index is 1.84. The molecule has 0 radical (unpaired) electrons. The minimum absolute atomic E-state index is 0.110. The van der Waals surface area contributed by atoms with E-state index in [1.54, 1.807) is 0 Å². The normalized spacial score (nSPS) is 25.6. The second-order valence-corrected chi connectivity index (χ2v) is 6.97. The summed E-state index contributed by atoms with van der Waals surface area (Å²) in [6, 6.07) is 7.17. The first-order valence-electron chi connectivity index (χ1n) is 6.37.